The van der Waals surface area contributed by atoms with Crippen LogP contribution in [0.25, 0.3) is 0 Å². The van der Waals surface area contributed by atoms with Gasteiger partial charge in [-0.2, -0.15) is 0 Å². The first kappa shape index (κ1) is 9.92. The zero-order chi connectivity index (χ0) is 9.68. The van der Waals surface area contributed by atoms with Crippen molar-refractivity contribution in [1.82, 2.24) is 5.06 Å². The molecule has 74 valence electrons. The van der Waals surface area contributed by atoms with Crippen molar-refractivity contribution in [2.45, 2.75) is 6.92 Å². The number of hydrogen-bond donors (Lipinski definition) is 0. The van der Waals surface area contributed by atoms with E-state index < -0.39 is 0 Å². The molecule has 0 amide bonds. The molecule has 0 saturated heterocycles. The van der Waals surface area contributed by atoms with Crippen LogP contribution < -0.4 is 0 Å². The van der Waals surface area contributed by atoms with Gasteiger partial charge in [-0.25, -0.2) is 5.06 Å². The van der Waals surface area contributed by atoms with Gasteiger partial charge in [0.2, 0.25) is 0 Å². The third-order valence-electron chi connectivity index (χ3n) is 1.58. The lowest BCUT2D eigenvalue weighted by molar-refractivity contribution is -0.157. The van der Waals surface area contributed by atoms with Crippen molar-refractivity contribution in [3.05, 3.63) is 24.3 Å². The molecule has 4 heteroatoms. The van der Waals surface area contributed by atoms with E-state index in [4.69, 9.17) is 14.3 Å². The molecule has 0 atom stereocenters. The fourth-order valence-electron chi connectivity index (χ4n) is 1.07. The summed E-state index contributed by atoms with van der Waals surface area (Å²) in [5.74, 6) is 1.21. The summed E-state index contributed by atoms with van der Waals surface area (Å²) >= 11 is 0. The minimum absolute atomic E-state index is 0.546. The van der Waals surface area contributed by atoms with E-state index in [0.29, 0.717) is 31.5 Å². The van der Waals surface area contributed by atoms with E-state index in [-0.39, 0.29) is 0 Å². The van der Waals surface area contributed by atoms with Gasteiger partial charge in [0.05, 0.1) is 6.61 Å². The smallest absolute Gasteiger partial charge is 0.257 e. The van der Waals surface area contributed by atoms with Crippen molar-refractivity contribution in [1.29, 1.82) is 0 Å². The molecule has 13 heavy (non-hydrogen) atoms. The molecular weight excluding hydrogens is 170 g/mol. The molecular formula is C9H15NO3. The van der Waals surface area contributed by atoms with Gasteiger partial charge >= 0.3 is 0 Å². The van der Waals surface area contributed by atoms with Crippen molar-refractivity contribution in [3.63, 3.8) is 0 Å². The highest BCUT2D eigenvalue weighted by molar-refractivity contribution is 5.13. The number of allylic oxidation sites excluding steroid dienone is 1. The topological polar surface area (TPSA) is 30.9 Å². The molecule has 0 aromatic carbocycles. The summed E-state index contributed by atoms with van der Waals surface area (Å²) < 4.78 is 10.7. The fourth-order valence-corrected chi connectivity index (χ4v) is 1.07. The third kappa shape index (κ3) is 2.39. The van der Waals surface area contributed by atoms with Crippen LogP contribution in [0.5, 0.6) is 0 Å². The van der Waals surface area contributed by atoms with Crippen molar-refractivity contribution in [2.24, 2.45) is 0 Å². The number of rotatable bonds is 4. The minimum Gasteiger partial charge on any atom is -0.484 e. The normalized spacial score (nSPS) is 16.2. The maximum Gasteiger partial charge on any atom is 0.257 e. The van der Waals surface area contributed by atoms with Crippen LogP contribution in [0.4, 0.5) is 0 Å². The van der Waals surface area contributed by atoms with Gasteiger partial charge in [-0.1, -0.05) is 6.58 Å². The molecule has 1 aliphatic rings. The number of nitrogens with zero attached hydrogens (tertiary/aromatic N) is 1. The van der Waals surface area contributed by atoms with Gasteiger partial charge in [-0.15, -0.1) is 0 Å². The van der Waals surface area contributed by atoms with Gasteiger partial charge in [0.15, 0.2) is 5.76 Å². The second-order valence-corrected chi connectivity index (χ2v) is 2.49. The average Bonchev–Trinajstić information content (AvgIpc) is 2.18. The van der Waals surface area contributed by atoms with E-state index in [1.54, 1.807) is 18.2 Å². The first-order valence-corrected chi connectivity index (χ1v) is 4.28. The van der Waals surface area contributed by atoms with Crippen LogP contribution in [0.3, 0.4) is 0 Å². The quantitative estimate of drug-likeness (QED) is 0.617. The zero-order valence-electron chi connectivity index (χ0n) is 8.08. The Labute approximate surface area is 78.3 Å². The Hall–Kier alpha value is -1.16. The molecule has 0 unspecified atom stereocenters. The molecule has 1 aliphatic heterocycles. The molecule has 0 fully saturated rings. The van der Waals surface area contributed by atoms with Gasteiger partial charge in [-0.05, 0) is 13.0 Å². The second-order valence-electron chi connectivity index (χ2n) is 2.49. The molecule has 0 aromatic rings. The summed E-state index contributed by atoms with van der Waals surface area (Å²) in [6, 6.07) is 0. The Morgan fingerprint density at radius 1 is 1.54 bits per heavy atom. The average molecular weight is 185 g/mol. The lowest BCUT2D eigenvalue weighted by Crippen LogP contribution is -2.26. The molecule has 1 rings (SSSR count). The first-order chi connectivity index (χ1) is 6.29. The van der Waals surface area contributed by atoms with E-state index in [1.165, 1.54) is 0 Å². The summed E-state index contributed by atoms with van der Waals surface area (Å²) in [5, 5.41) is 1.55. The molecule has 1 heterocycles. The van der Waals surface area contributed by atoms with Crippen molar-refractivity contribution in [2.75, 3.05) is 26.9 Å². The van der Waals surface area contributed by atoms with Gasteiger partial charge in [0.25, 0.3) is 5.88 Å². The zero-order valence-corrected chi connectivity index (χ0v) is 8.08. The summed E-state index contributed by atoms with van der Waals surface area (Å²) in [5.41, 5.74) is 0. The Bertz CT molecular complexity index is 213. The molecule has 0 saturated carbocycles. The minimum atomic E-state index is 0.546. The molecule has 0 bridgehead atoms. The molecule has 0 N–H and O–H groups in total. The maximum absolute atomic E-state index is 5.38. The predicted octanol–water partition coefficient (Wildman–Crippen LogP) is 1.27. The highest BCUT2D eigenvalue weighted by Gasteiger charge is 2.17. The largest absolute Gasteiger partial charge is 0.484 e. The summed E-state index contributed by atoms with van der Waals surface area (Å²) in [6.07, 6.45) is 1.62. The van der Waals surface area contributed by atoms with Crippen molar-refractivity contribution >= 4 is 0 Å². The number of ether oxygens (including phenoxy) is 2. The van der Waals surface area contributed by atoms with E-state index in [2.05, 4.69) is 6.58 Å². The molecule has 0 aliphatic carbocycles. The van der Waals surface area contributed by atoms with Crippen LogP contribution in [0, 0.1) is 0 Å². The molecule has 0 radical (unpaired) electrons. The summed E-state index contributed by atoms with van der Waals surface area (Å²) in [4.78, 5) is 5.24. The predicted molar refractivity (Wildman–Crippen MR) is 48.5 cm³/mol. The Morgan fingerprint density at radius 3 is 2.85 bits per heavy atom. The Morgan fingerprint density at radius 2 is 2.23 bits per heavy atom. The van der Waals surface area contributed by atoms with Gasteiger partial charge < -0.3 is 9.47 Å². The maximum atomic E-state index is 5.38. The molecule has 4 nitrogen and oxygen atoms in total. The van der Waals surface area contributed by atoms with Crippen molar-refractivity contribution in [3.8, 4) is 0 Å². The summed E-state index contributed by atoms with van der Waals surface area (Å²) in [7, 11) is 1.77. The van der Waals surface area contributed by atoms with E-state index in [0.717, 1.165) is 0 Å². The first-order valence-electron chi connectivity index (χ1n) is 4.28. The number of hydroxylamine groups is 2. The SMILES string of the molecule is C=CC1=C(N(C)OCC)OCCO1. The Kier molecular flexibility index (Phi) is 3.64. The van der Waals surface area contributed by atoms with E-state index in [9.17, 15) is 0 Å². The van der Waals surface area contributed by atoms with Crippen LogP contribution in [0.2, 0.25) is 0 Å². The standard InChI is InChI=1S/C9H15NO3/c1-4-8-9(10(3)13-5-2)12-7-6-11-8/h4H,1,5-7H2,2-3H3. The van der Waals surface area contributed by atoms with Crippen molar-refractivity contribution < 1.29 is 14.3 Å². The van der Waals surface area contributed by atoms with Crippen LogP contribution in [-0.2, 0) is 14.3 Å². The highest BCUT2D eigenvalue weighted by atomic mass is 16.7. The van der Waals surface area contributed by atoms with Crippen LogP contribution in [-0.4, -0.2) is 31.9 Å². The van der Waals surface area contributed by atoms with Gasteiger partial charge in [0, 0.05) is 7.05 Å². The molecule has 0 spiro atoms. The fraction of sp³-hybridized carbons (Fsp3) is 0.556. The summed E-state index contributed by atoms with van der Waals surface area (Å²) in [6.45, 7) is 7.24. The van der Waals surface area contributed by atoms with Crippen LogP contribution in [0.1, 0.15) is 6.92 Å². The highest BCUT2D eigenvalue weighted by Crippen LogP contribution is 2.17. The monoisotopic (exact) mass is 185 g/mol. The van der Waals surface area contributed by atoms with Gasteiger partial charge in [-0.3, -0.25) is 4.84 Å². The van der Waals surface area contributed by atoms with Crippen LogP contribution in [0.15, 0.2) is 24.3 Å². The number of hydrogen-bond acceptors (Lipinski definition) is 4. The lowest BCUT2D eigenvalue weighted by atomic mass is 10.4. The van der Waals surface area contributed by atoms with E-state index >= 15 is 0 Å². The third-order valence-corrected chi connectivity index (χ3v) is 1.58. The van der Waals surface area contributed by atoms with Gasteiger partial charge in [0.1, 0.15) is 13.2 Å². The van der Waals surface area contributed by atoms with Crippen LogP contribution >= 0.6 is 0 Å². The second kappa shape index (κ2) is 4.77. The Balaban J connectivity index is 2.71. The molecule has 0 aromatic heterocycles. The van der Waals surface area contributed by atoms with E-state index in [1.807, 2.05) is 6.92 Å². The lowest BCUT2D eigenvalue weighted by Gasteiger charge is -2.26.